The second-order valence-corrected chi connectivity index (χ2v) is 11.0. The van der Waals surface area contributed by atoms with E-state index in [0.29, 0.717) is 29.5 Å². The Kier molecular flexibility index (Phi) is 20.9. The molecule has 0 aliphatic heterocycles. The first-order valence-electron chi connectivity index (χ1n) is 12.7. The standard InChI is InChI=1S/2C4H7N3O.2C4H7N3S.C4H10.C2H2N2O/c1-3(2)4-5-6-7-8-4;1-3(2)4-5-7-8-6-4;1-3(2)4-5-6-7-8-4;1-3(2)4-5-7-8-6-4;1-4(2)3;1-3-4-2-5-1/h4*3H,1-2H3;4H,1-3H3;1-2H. The van der Waals surface area contributed by atoms with Crippen LogP contribution in [0, 0.1) is 5.92 Å². The first-order chi connectivity index (χ1) is 19.5. The fourth-order valence-electron chi connectivity index (χ4n) is 1.58. The van der Waals surface area contributed by atoms with Gasteiger partial charge in [0.1, 0.15) is 5.01 Å². The maximum absolute atomic E-state index is 4.62. The van der Waals surface area contributed by atoms with Crippen LogP contribution in [0.2, 0.25) is 0 Å². The van der Waals surface area contributed by atoms with Gasteiger partial charge in [-0.1, -0.05) is 95.3 Å². The predicted octanol–water partition coefficient (Wildman–Crippen LogP) is 5.02. The van der Waals surface area contributed by atoms with Crippen LogP contribution in [0.25, 0.3) is 0 Å². The molecule has 0 aromatic carbocycles. The number of rotatable bonds is 4. The highest BCUT2D eigenvalue weighted by Crippen LogP contribution is 2.11. The van der Waals surface area contributed by atoms with Gasteiger partial charge in [0.25, 0.3) is 5.89 Å². The van der Waals surface area contributed by atoms with E-state index in [9.17, 15) is 0 Å². The van der Waals surface area contributed by atoms with Crippen LogP contribution in [0.5, 0.6) is 0 Å². The van der Waals surface area contributed by atoms with Gasteiger partial charge in [-0.2, -0.15) is 4.37 Å². The summed E-state index contributed by atoms with van der Waals surface area (Å²) in [4.78, 5) is 0. The molecule has 0 atom stereocenters. The number of nitrogens with zero attached hydrogens (tertiary/aromatic N) is 14. The lowest BCUT2D eigenvalue weighted by Crippen LogP contribution is -1.88. The average molecular weight is 613 g/mol. The normalized spacial score (nSPS) is 9.95. The zero-order chi connectivity index (χ0) is 31.0. The van der Waals surface area contributed by atoms with E-state index in [4.69, 9.17) is 0 Å². The van der Waals surface area contributed by atoms with E-state index in [-0.39, 0.29) is 5.92 Å². The van der Waals surface area contributed by atoms with Crippen molar-refractivity contribution in [2.24, 2.45) is 5.92 Å². The van der Waals surface area contributed by atoms with Crippen LogP contribution in [0.15, 0.2) is 26.4 Å². The van der Waals surface area contributed by atoms with Crippen molar-refractivity contribution in [1.82, 2.24) is 70.1 Å². The van der Waals surface area contributed by atoms with Crippen molar-refractivity contribution in [2.45, 2.75) is 99.8 Å². The molecule has 0 bridgehead atoms. The first-order valence-corrected chi connectivity index (χ1v) is 14.2. The van der Waals surface area contributed by atoms with Crippen LogP contribution in [-0.4, -0.2) is 70.1 Å². The molecular weight excluding hydrogens is 572 g/mol. The van der Waals surface area contributed by atoms with Crippen molar-refractivity contribution in [1.29, 1.82) is 0 Å². The van der Waals surface area contributed by atoms with Crippen molar-refractivity contribution in [3.63, 3.8) is 0 Å². The van der Waals surface area contributed by atoms with Gasteiger partial charge in [0.2, 0.25) is 12.8 Å². The van der Waals surface area contributed by atoms with Gasteiger partial charge in [0.05, 0.1) is 22.3 Å². The fraction of sp³-hybridized carbons (Fsp3) is 0.727. The van der Waals surface area contributed by atoms with Gasteiger partial charge in [-0.3, -0.25) is 0 Å². The summed E-state index contributed by atoms with van der Waals surface area (Å²) in [7, 11) is 0. The van der Waals surface area contributed by atoms with Crippen LogP contribution in [0.4, 0.5) is 0 Å². The maximum atomic E-state index is 4.62. The Balaban J connectivity index is 0.000000476. The molecule has 0 saturated heterocycles. The molecule has 5 heterocycles. The first kappa shape index (κ1) is 37.3. The molecule has 5 aromatic rings. The smallest absolute Gasteiger partial charge is 0.250 e. The molecule has 0 aliphatic carbocycles. The third-order valence-corrected chi connectivity index (χ3v) is 4.88. The van der Waals surface area contributed by atoms with Crippen LogP contribution < -0.4 is 0 Å². The minimum Gasteiger partial charge on any atom is -0.431 e. The lowest BCUT2D eigenvalue weighted by atomic mass is 10.2. The largest absolute Gasteiger partial charge is 0.431 e. The third-order valence-electron chi connectivity index (χ3n) is 3.56. The Labute approximate surface area is 247 Å². The fourth-order valence-corrected chi connectivity index (χ4v) is 2.51. The Morgan fingerprint density at radius 3 is 1.49 bits per heavy atom. The van der Waals surface area contributed by atoms with Crippen molar-refractivity contribution in [2.75, 3.05) is 0 Å². The van der Waals surface area contributed by atoms with Crippen molar-refractivity contribution < 1.29 is 13.6 Å². The van der Waals surface area contributed by atoms with Gasteiger partial charge in [-0.25, -0.2) is 4.63 Å². The second kappa shape index (κ2) is 23.0. The van der Waals surface area contributed by atoms with Gasteiger partial charge in [-0.15, -0.1) is 20.4 Å². The highest BCUT2D eigenvalue weighted by atomic mass is 32.1. The molecule has 0 unspecified atom stereocenters. The molecule has 17 nitrogen and oxygen atoms in total. The molecule has 5 aromatic heterocycles. The molecule has 0 saturated carbocycles. The summed E-state index contributed by atoms with van der Waals surface area (Å²) in [5.74, 6) is 4.39. The predicted molar refractivity (Wildman–Crippen MR) is 151 cm³/mol. The lowest BCUT2D eigenvalue weighted by Gasteiger charge is -1.90. The summed E-state index contributed by atoms with van der Waals surface area (Å²) in [6.07, 6.45) is 2.53. The van der Waals surface area contributed by atoms with Gasteiger partial charge < -0.3 is 8.94 Å². The van der Waals surface area contributed by atoms with E-state index in [2.05, 4.69) is 118 Å². The molecule has 0 amide bonds. The van der Waals surface area contributed by atoms with Crippen LogP contribution in [-0.2, 0) is 0 Å². The zero-order valence-corrected chi connectivity index (χ0v) is 27.0. The van der Waals surface area contributed by atoms with Crippen LogP contribution in [0.3, 0.4) is 0 Å². The Morgan fingerprint density at radius 1 is 0.634 bits per heavy atom. The van der Waals surface area contributed by atoms with E-state index >= 15 is 0 Å². The molecular formula is C22H40N14O3S2. The minimum atomic E-state index is 0.282. The summed E-state index contributed by atoms with van der Waals surface area (Å²) in [6.45, 7) is 22.6. The molecule has 0 N–H and O–H groups in total. The van der Waals surface area contributed by atoms with Gasteiger partial charge in [0, 0.05) is 35.2 Å². The highest BCUT2D eigenvalue weighted by molar-refractivity contribution is 7.05. The van der Waals surface area contributed by atoms with Crippen molar-refractivity contribution >= 4 is 23.3 Å². The Bertz CT molecular complexity index is 962. The van der Waals surface area contributed by atoms with E-state index in [1.165, 1.54) is 24.3 Å². The van der Waals surface area contributed by atoms with Crippen molar-refractivity contribution in [3.8, 4) is 0 Å². The lowest BCUT2D eigenvalue weighted by molar-refractivity contribution is 0.290. The molecule has 0 spiro atoms. The molecule has 0 fully saturated rings. The van der Waals surface area contributed by atoms with E-state index < -0.39 is 0 Å². The second-order valence-electron chi connectivity index (χ2n) is 9.76. The summed E-state index contributed by atoms with van der Waals surface area (Å²) in [6, 6.07) is 0. The SMILES string of the molecule is CC(C)C.CC(C)c1nnno1.CC(C)c1nnns1.CC(C)c1nnon1.CC(C)c1nnsn1.c1nnco1. The summed E-state index contributed by atoms with van der Waals surface area (Å²) < 4.78 is 24.4. The number of hydrogen-bond acceptors (Lipinski definition) is 19. The molecule has 0 radical (unpaired) electrons. The summed E-state index contributed by atoms with van der Waals surface area (Å²) >= 11 is 2.52. The van der Waals surface area contributed by atoms with E-state index in [1.807, 2.05) is 41.5 Å². The summed E-state index contributed by atoms with van der Waals surface area (Å²) in [5, 5.41) is 39.0. The van der Waals surface area contributed by atoms with Gasteiger partial charge in [-0.05, 0) is 21.5 Å². The molecule has 19 heteroatoms. The van der Waals surface area contributed by atoms with E-state index in [1.54, 1.807) is 0 Å². The average Bonchev–Trinajstić information content (AvgIpc) is 3.75. The monoisotopic (exact) mass is 612 g/mol. The molecule has 41 heavy (non-hydrogen) atoms. The topological polar surface area (TPSA) is 220 Å². The van der Waals surface area contributed by atoms with E-state index in [0.717, 1.165) is 28.5 Å². The van der Waals surface area contributed by atoms with Gasteiger partial charge in [0.15, 0.2) is 11.6 Å². The van der Waals surface area contributed by atoms with Crippen LogP contribution >= 0.6 is 23.3 Å². The Morgan fingerprint density at radius 2 is 1.27 bits per heavy atom. The zero-order valence-electron chi connectivity index (χ0n) is 25.3. The van der Waals surface area contributed by atoms with Gasteiger partial charge >= 0.3 is 0 Å². The summed E-state index contributed by atoms with van der Waals surface area (Å²) in [5.41, 5.74) is 0. The van der Waals surface area contributed by atoms with Crippen molar-refractivity contribution in [3.05, 3.63) is 35.3 Å². The quantitative estimate of drug-likeness (QED) is 0.260. The van der Waals surface area contributed by atoms with Crippen LogP contribution in [0.1, 0.15) is 122 Å². The highest BCUT2D eigenvalue weighted by Gasteiger charge is 2.04. The molecule has 228 valence electrons. The molecule has 0 aliphatic rings. The molecule has 5 rings (SSSR count). The Hall–Kier alpha value is -3.74. The maximum Gasteiger partial charge on any atom is 0.250 e. The number of hydrogen-bond donors (Lipinski definition) is 0. The number of aromatic nitrogens is 14. The minimum absolute atomic E-state index is 0.282. The third kappa shape index (κ3) is 20.8.